The number of hydrogen-bond donors (Lipinski definition) is 1. The van der Waals surface area contributed by atoms with Crippen molar-refractivity contribution in [2.24, 2.45) is 0 Å². The molecule has 172 valence electrons. The Morgan fingerprint density at radius 3 is 2.09 bits per heavy atom. The standard InChI is InChI=1S/C25H29F3N2O2/c1-24(32,25(26,27)28)19-12-8-18(9-13-19)23(31)30(20-5-4-6-20)21-14-10-17(11-15-21)22-7-2-3-16-29-22/h2-3,7-9,12-13,16-17,20-21,32H,4-6,10-11,14-15H2,1H3/t17-,21-,24-/m0/s1. The fraction of sp³-hybridized carbons (Fsp3) is 0.520. The Labute approximate surface area is 186 Å². The molecule has 1 aromatic carbocycles. The lowest BCUT2D eigenvalue weighted by molar-refractivity contribution is -0.258. The van der Waals surface area contributed by atoms with Crippen LogP contribution in [0.5, 0.6) is 0 Å². The molecule has 2 aliphatic carbocycles. The van der Waals surface area contributed by atoms with Crippen LogP contribution < -0.4 is 0 Å². The molecule has 1 atom stereocenters. The maximum absolute atomic E-state index is 13.4. The Balaban J connectivity index is 1.49. The van der Waals surface area contributed by atoms with Gasteiger partial charge in [-0.25, -0.2) is 0 Å². The monoisotopic (exact) mass is 446 g/mol. The van der Waals surface area contributed by atoms with Crippen molar-refractivity contribution in [3.8, 4) is 0 Å². The van der Waals surface area contributed by atoms with Gasteiger partial charge in [0, 0.05) is 35.5 Å². The summed E-state index contributed by atoms with van der Waals surface area (Å²) in [6, 6.07) is 11.5. The van der Waals surface area contributed by atoms with Crippen LogP contribution in [-0.4, -0.2) is 39.2 Å². The third-order valence-corrected chi connectivity index (χ3v) is 7.14. The van der Waals surface area contributed by atoms with E-state index in [2.05, 4.69) is 11.1 Å². The van der Waals surface area contributed by atoms with Gasteiger partial charge in [-0.2, -0.15) is 13.2 Å². The van der Waals surface area contributed by atoms with Gasteiger partial charge in [0.15, 0.2) is 5.60 Å². The predicted octanol–water partition coefficient (Wildman–Crippen LogP) is 5.57. The molecule has 0 aliphatic heterocycles. The number of nitrogens with zero attached hydrogens (tertiary/aromatic N) is 2. The van der Waals surface area contributed by atoms with Crippen LogP contribution in [0.2, 0.25) is 0 Å². The summed E-state index contributed by atoms with van der Waals surface area (Å²) in [5, 5.41) is 9.89. The highest BCUT2D eigenvalue weighted by Crippen LogP contribution is 2.40. The van der Waals surface area contributed by atoms with E-state index < -0.39 is 11.8 Å². The number of aromatic nitrogens is 1. The average molecular weight is 447 g/mol. The number of hydrogen-bond acceptors (Lipinski definition) is 3. The molecule has 1 aromatic heterocycles. The largest absolute Gasteiger partial charge is 0.421 e. The van der Waals surface area contributed by atoms with Crippen molar-refractivity contribution in [1.29, 1.82) is 0 Å². The molecule has 7 heteroatoms. The third kappa shape index (κ3) is 4.40. The van der Waals surface area contributed by atoms with Gasteiger partial charge >= 0.3 is 6.18 Å². The minimum atomic E-state index is -4.79. The number of alkyl halides is 3. The Hall–Kier alpha value is -2.41. The lowest BCUT2D eigenvalue weighted by Crippen LogP contribution is -2.51. The van der Waals surface area contributed by atoms with Crippen LogP contribution in [0, 0.1) is 0 Å². The predicted molar refractivity (Wildman–Crippen MR) is 115 cm³/mol. The zero-order valence-corrected chi connectivity index (χ0v) is 18.2. The van der Waals surface area contributed by atoms with E-state index in [0.29, 0.717) is 11.5 Å². The second-order valence-corrected chi connectivity index (χ2v) is 9.20. The molecule has 1 N–H and O–H groups in total. The van der Waals surface area contributed by atoms with E-state index in [-0.39, 0.29) is 23.6 Å². The second-order valence-electron chi connectivity index (χ2n) is 9.20. The van der Waals surface area contributed by atoms with Crippen molar-refractivity contribution in [2.75, 3.05) is 0 Å². The summed E-state index contributed by atoms with van der Waals surface area (Å²) < 4.78 is 39.4. The van der Waals surface area contributed by atoms with Gasteiger partial charge in [-0.15, -0.1) is 0 Å². The SMILES string of the molecule is C[C@](O)(c1ccc(C(=O)N(C2CCC2)[C@H]2CC[C@H](c3ccccn3)CC2)cc1)C(F)(F)F. The molecular formula is C25H29F3N2O2. The van der Waals surface area contributed by atoms with Crippen molar-refractivity contribution < 1.29 is 23.1 Å². The minimum absolute atomic E-state index is 0.130. The van der Waals surface area contributed by atoms with E-state index in [4.69, 9.17) is 0 Å². The highest BCUT2D eigenvalue weighted by Gasteiger charge is 2.51. The van der Waals surface area contributed by atoms with Gasteiger partial charge in [0.1, 0.15) is 0 Å². The van der Waals surface area contributed by atoms with E-state index in [1.165, 1.54) is 24.3 Å². The Morgan fingerprint density at radius 2 is 1.59 bits per heavy atom. The highest BCUT2D eigenvalue weighted by molar-refractivity contribution is 5.94. The Morgan fingerprint density at radius 1 is 0.969 bits per heavy atom. The number of aliphatic hydroxyl groups is 1. The number of carbonyl (C=O) groups excluding carboxylic acids is 1. The van der Waals surface area contributed by atoms with E-state index in [0.717, 1.165) is 57.6 Å². The summed E-state index contributed by atoms with van der Waals surface area (Å²) in [6.07, 6.45) is 3.75. The maximum atomic E-state index is 13.4. The molecule has 2 aliphatic rings. The van der Waals surface area contributed by atoms with Crippen LogP contribution in [-0.2, 0) is 5.60 Å². The van der Waals surface area contributed by atoms with Gasteiger partial charge < -0.3 is 10.0 Å². The zero-order valence-electron chi connectivity index (χ0n) is 18.2. The van der Waals surface area contributed by atoms with Crippen LogP contribution in [0.1, 0.15) is 79.4 Å². The van der Waals surface area contributed by atoms with Crippen molar-refractivity contribution >= 4 is 5.91 Å². The number of rotatable bonds is 5. The molecule has 2 saturated carbocycles. The minimum Gasteiger partial charge on any atom is -0.376 e. The van der Waals surface area contributed by atoms with Gasteiger partial charge in [-0.3, -0.25) is 9.78 Å². The van der Waals surface area contributed by atoms with E-state index in [9.17, 15) is 23.1 Å². The van der Waals surface area contributed by atoms with Gasteiger partial charge in [0.05, 0.1) is 0 Å². The van der Waals surface area contributed by atoms with Crippen molar-refractivity contribution in [1.82, 2.24) is 9.88 Å². The highest BCUT2D eigenvalue weighted by atomic mass is 19.4. The molecule has 32 heavy (non-hydrogen) atoms. The topological polar surface area (TPSA) is 53.4 Å². The fourth-order valence-corrected chi connectivity index (χ4v) is 4.81. The van der Waals surface area contributed by atoms with Crippen LogP contribution >= 0.6 is 0 Å². The first-order valence-corrected chi connectivity index (χ1v) is 11.3. The van der Waals surface area contributed by atoms with Crippen molar-refractivity contribution in [3.63, 3.8) is 0 Å². The molecule has 1 heterocycles. The van der Waals surface area contributed by atoms with Gasteiger partial charge in [-0.1, -0.05) is 18.2 Å². The molecule has 1 amide bonds. The van der Waals surface area contributed by atoms with Gasteiger partial charge in [0.25, 0.3) is 5.91 Å². The average Bonchev–Trinajstić information content (AvgIpc) is 2.76. The van der Waals surface area contributed by atoms with E-state index in [1.807, 2.05) is 23.2 Å². The zero-order chi connectivity index (χ0) is 22.9. The van der Waals surface area contributed by atoms with Crippen LogP contribution in [0.4, 0.5) is 13.2 Å². The third-order valence-electron chi connectivity index (χ3n) is 7.14. The van der Waals surface area contributed by atoms with Crippen molar-refractivity contribution in [2.45, 2.75) is 81.6 Å². The number of benzene rings is 1. The summed E-state index contributed by atoms with van der Waals surface area (Å²) in [6.45, 7) is 0.727. The molecule has 0 radical (unpaired) electrons. The number of carbonyl (C=O) groups is 1. The fourth-order valence-electron chi connectivity index (χ4n) is 4.81. The first kappa shape index (κ1) is 22.8. The summed E-state index contributed by atoms with van der Waals surface area (Å²) in [5.74, 6) is 0.267. The molecule has 0 unspecified atom stereocenters. The Kier molecular flexibility index (Phi) is 6.30. The molecule has 4 rings (SSSR count). The summed E-state index contributed by atoms with van der Waals surface area (Å²) in [7, 11) is 0. The first-order chi connectivity index (χ1) is 15.2. The lowest BCUT2D eigenvalue weighted by atomic mass is 9.80. The lowest BCUT2D eigenvalue weighted by Gasteiger charge is -2.45. The maximum Gasteiger partial charge on any atom is 0.421 e. The van der Waals surface area contributed by atoms with Crippen LogP contribution in [0.3, 0.4) is 0 Å². The number of halogens is 3. The van der Waals surface area contributed by atoms with E-state index >= 15 is 0 Å². The molecule has 2 aromatic rings. The summed E-state index contributed by atoms with van der Waals surface area (Å²) >= 11 is 0. The molecule has 0 saturated heterocycles. The normalized spacial score (nSPS) is 23.8. The second kappa shape index (κ2) is 8.85. The Bertz CT molecular complexity index is 916. The van der Waals surface area contributed by atoms with Gasteiger partial charge in [0.2, 0.25) is 0 Å². The summed E-state index contributed by atoms with van der Waals surface area (Å²) in [4.78, 5) is 19.9. The van der Waals surface area contributed by atoms with Crippen LogP contribution in [0.15, 0.2) is 48.7 Å². The summed E-state index contributed by atoms with van der Waals surface area (Å²) in [5.41, 5.74) is -1.76. The van der Waals surface area contributed by atoms with E-state index in [1.54, 1.807) is 0 Å². The van der Waals surface area contributed by atoms with Crippen LogP contribution in [0.25, 0.3) is 0 Å². The first-order valence-electron chi connectivity index (χ1n) is 11.3. The van der Waals surface area contributed by atoms with Crippen molar-refractivity contribution in [3.05, 3.63) is 65.5 Å². The molecule has 0 bridgehead atoms. The molecule has 4 nitrogen and oxygen atoms in total. The molecular weight excluding hydrogens is 417 g/mol. The number of pyridine rings is 1. The smallest absolute Gasteiger partial charge is 0.376 e. The van der Waals surface area contributed by atoms with Gasteiger partial charge in [-0.05, 0) is 81.7 Å². The molecule has 2 fully saturated rings. The number of amides is 1. The molecule has 0 spiro atoms. The quantitative estimate of drug-likeness (QED) is 0.653.